The number of anilines is 1. The standard InChI is InChI=1S/C12H15F2N3OS/c1-2-17(6-5-11(15)19)12(18)16-10-4-3-8(13)7-9(10)14/h3-4,7H,2,5-6H2,1H3,(H2,15,19)(H,16,18). The Morgan fingerprint density at radius 3 is 2.68 bits per heavy atom. The molecule has 0 aliphatic heterocycles. The summed E-state index contributed by atoms with van der Waals surface area (Å²) in [4.78, 5) is 13.6. The molecule has 0 saturated heterocycles. The lowest BCUT2D eigenvalue weighted by atomic mass is 10.3. The highest BCUT2D eigenvalue weighted by Gasteiger charge is 2.14. The molecule has 0 spiro atoms. The summed E-state index contributed by atoms with van der Waals surface area (Å²) in [6.45, 7) is 2.55. The molecule has 0 aromatic heterocycles. The smallest absolute Gasteiger partial charge is 0.321 e. The third-order valence-electron chi connectivity index (χ3n) is 2.47. The average Bonchev–Trinajstić information content (AvgIpc) is 2.33. The van der Waals surface area contributed by atoms with Gasteiger partial charge >= 0.3 is 6.03 Å². The minimum Gasteiger partial charge on any atom is -0.393 e. The van der Waals surface area contributed by atoms with Crippen LogP contribution in [0.25, 0.3) is 0 Å². The van der Waals surface area contributed by atoms with Crippen molar-refractivity contribution in [3.05, 3.63) is 29.8 Å². The van der Waals surface area contributed by atoms with Crippen molar-refractivity contribution in [3.63, 3.8) is 0 Å². The Morgan fingerprint density at radius 2 is 2.16 bits per heavy atom. The number of carbonyl (C=O) groups is 1. The van der Waals surface area contributed by atoms with Gasteiger partial charge in [0.25, 0.3) is 0 Å². The summed E-state index contributed by atoms with van der Waals surface area (Å²) < 4.78 is 26.1. The number of urea groups is 1. The van der Waals surface area contributed by atoms with E-state index in [2.05, 4.69) is 5.32 Å². The molecule has 1 aromatic carbocycles. The third kappa shape index (κ3) is 4.78. The Morgan fingerprint density at radius 1 is 1.47 bits per heavy atom. The Hall–Kier alpha value is -1.76. The van der Waals surface area contributed by atoms with Crippen LogP contribution in [0.15, 0.2) is 18.2 Å². The third-order valence-corrected chi connectivity index (χ3v) is 2.67. The summed E-state index contributed by atoms with van der Waals surface area (Å²) in [5.74, 6) is -1.52. The average molecular weight is 287 g/mol. The van der Waals surface area contributed by atoms with Crippen molar-refractivity contribution in [2.24, 2.45) is 5.73 Å². The molecule has 0 fully saturated rings. The summed E-state index contributed by atoms with van der Waals surface area (Å²) in [5.41, 5.74) is 5.29. The minimum atomic E-state index is -0.821. The molecule has 19 heavy (non-hydrogen) atoms. The fraction of sp³-hybridized carbons (Fsp3) is 0.333. The Bertz CT molecular complexity index is 482. The lowest BCUT2D eigenvalue weighted by Crippen LogP contribution is -2.37. The van der Waals surface area contributed by atoms with E-state index in [1.807, 2.05) is 0 Å². The van der Waals surface area contributed by atoms with Gasteiger partial charge in [0.2, 0.25) is 0 Å². The van der Waals surface area contributed by atoms with E-state index < -0.39 is 17.7 Å². The molecular formula is C12H15F2N3OS. The fourth-order valence-corrected chi connectivity index (χ4v) is 1.52. The van der Waals surface area contributed by atoms with Crippen LogP contribution in [0.4, 0.5) is 19.3 Å². The van der Waals surface area contributed by atoms with E-state index in [1.54, 1.807) is 6.92 Å². The number of carbonyl (C=O) groups excluding carboxylic acids is 1. The van der Waals surface area contributed by atoms with Gasteiger partial charge in [-0.3, -0.25) is 0 Å². The molecule has 0 heterocycles. The lowest BCUT2D eigenvalue weighted by Gasteiger charge is -2.21. The molecule has 0 unspecified atom stereocenters. The van der Waals surface area contributed by atoms with Crippen molar-refractivity contribution in [2.75, 3.05) is 18.4 Å². The van der Waals surface area contributed by atoms with Gasteiger partial charge in [0.1, 0.15) is 11.6 Å². The van der Waals surface area contributed by atoms with Crippen LogP contribution in [0.1, 0.15) is 13.3 Å². The number of hydrogen-bond donors (Lipinski definition) is 2. The molecule has 0 radical (unpaired) electrons. The van der Waals surface area contributed by atoms with Crippen molar-refractivity contribution >= 4 is 28.9 Å². The van der Waals surface area contributed by atoms with Crippen LogP contribution >= 0.6 is 12.2 Å². The highest BCUT2D eigenvalue weighted by molar-refractivity contribution is 7.80. The zero-order valence-electron chi connectivity index (χ0n) is 10.5. The number of nitrogens with zero attached hydrogens (tertiary/aromatic N) is 1. The van der Waals surface area contributed by atoms with Gasteiger partial charge in [0.05, 0.1) is 10.7 Å². The summed E-state index contributed by atoms with van der Waals surface area (Å²) in [7, 11) is 0. The van der Waals surface area contributed by atoms with Gasteiger partial charge in [-0.25, -0.2) is 13.6 Å². The topological polar surface area (TPSA) is 58.4 Å². The summed E-state index contributed by atoms with van der Waals surface area (Å²) in [6, 6.07) is 2.47. The van der Waals surface area contributed by atoms with Crippen LogP contribution in [-0.4, -0.2) is 29.0 Å². The minimum absolute atomic E-state index is 0.0693. The second kappa shape index (κ2) is 6.98. The maximum absolute atomic E-state index is 13.4. The molecule has 1 aromatic rings. The van der Waals surface area contributed by atoms with Crippen molar-refractivity contribution in [2.45, 2.75) is 13.3 Å². The van der Waals surface area contributed by atoms with E-state index in [4.69, 9.17) is 18.0 Å². The molecule has 0 aliphatic rings. The summed E-state index contributed by atoms with van der Waals surface area (Å²) >= 11 is 4.73. The first-order valence-electron chi connectivity index (χ1n) is 5.73. The summed E-state index contributed by atoms with van der Waals surface area (Å²) in [6.07, 6.45) is 0.391. The number of hydrogen-bond acceptors (Lipinski definition) is 2. The van der Waals surface area contributed by atoms with Gasteiger partial charge < -0.3 is 16.0 Å². The Balaban J connectivity index is 2.68. The fourth-order valence-electron chi connectivity index (χ4n) is 1.43. The van der Waals surface area contributed by atoms with Gasteiger partial charge in [-0.15, -0.1) is 0 Å². The van der Waals surface area contributed by atoms with Crippen molar-refractivity contribution in [3.8, 4) is 0 Å². The van der Waals surface area contributed by atoms with Crippen LogP contribution in [0, 0.1) is 11.6 Å². The first-order chi connectivity index (χ1) is 8.93. The van der Waals surface area contributed by atoms with Crippen molar-refractivity contribution in [1.29, 1.82) is 0 Å². The van der Waals surface area contributed by atoms with Gasteiger partial charge in [-0.2, -0.15) is 0 Å². The second-order valence-corrected chi connectivity index (χ2v) is 4.37. The second-order valence-electron chi connectivity index (χ2n) is 3.85. The van der Waals surface area contributed by atoms with Crippen LogP contribution < -0.4 is 11.1 Å². The monoisotopic (exact) mass is 287 g/mol. The molecule has 1 rings (SSSR count). The maximum Gasteiger partial charge on any atom is 0.321 e. The predicted octanol–water partition coefficient (Wildman–Crippen LogP) is 2.49. The number of benzene rings is 1. The molecular weight excluding hydrogens is 272 g/mol. The van der Waals surface area contributed by atoms with Crippen molar-refractivity contribution < 1.29 is 13.6 Å². The normalized spacial score (nSPS) is 10.1. The van der Waals surface area contributed by atoms with E-state index in [9.17, 15) is 13.6 Å². The molecule has 104 valence electrons. The first-order valence-corrected chi connectivity index (χ1v) is 6.14. The summed E-state index contributed by atoms with van der Waals surface area (Å²) in [5, 5.41) is 2.37. The van der Waals surface area contributed by atoms with Crippen LogP contribution in [-0.2, 0) is 0 Å². The zero-order chi connectivity index (χ0) is 14.4. The van der Waals surface area contributed by atoms with Crippen LogP contribution in [0.2, 0.25) is 0 Å². The van der Waals surface area contributed by atoms with E-state index in [0.29, 0.717) is 30.6 Å². The van der Waals surface area contributed by atoms with Gasteiger partial charge in [0, 0.05) is 25.6 Å². The van der Waals surface area contributed by atoms with E-state index in [1.165, 1.54) is 11.0 Å². The molecule has 0 aliphatic carbocycles. The number of rotatable bonds is 5. The Labute approximate surface area is 115 Å². The largest absolute Gasteiger partial charge is 0.393 e. The number of nitrogens with one attached hydrogen (secondary N) is 1. The number of thiocarbonyl (C=S) groups is 1. The first kappa shape index (κ1) is 15.3. The number of halogens is 2. The molecule has 2 amide bonds. The lowest BCUT2D eigenvalue weighted by molar-refractivity contribution is 0.216. The highest BCUT2D eigenvalue weighted by atomic mass is 32.1. The van der Waals surface area contributed by atoms with Crippen LogP contribution in [0.3, 0.4) is 0 Å². The zero-order valence-corrected chi connectivity index (χ0v) is 11.3. The molecule has 3 N–H and O–H groups in total. The molecule has 0 saturated carbocycles. The van der Waals surface area contributed by atoms with E-state index in [0.717, 1.165) is 6.07 Å². The molecule has 0 bridgehead atoms. The molecule has 4 nitrogen and oxygen atoms in total. The Kier molecular flexibility index (Phi) is 5.62. The van der Waals surface area contributed by atoms with Crippen molar-refractivity contribution in [1.82, 2.24) is 4.90 Å². The van der Waals surface area contributed by atoms with Gasteiger partial charge in [0.15, 0.2) is 0 Å². The number of nitrogens with two attached hydrogens (primary N) is 1. The van der Waals surface area contributed by atoms with Gasteiger partial charge in [-0.1, -0.05) is 12.2 Å². The van der Waals surface area contributed by atoms with Gasteiger partial charge in [-0.05, 0) is 19.1 Å². The van der Waals surface area contributed by atoms with E-state index in [-0.39, 0.29) is 5.69 Å². The van der Waals surface area contributed by atoms with E-state index >= 15 is 0 Å². The SMILES string of the molecule is CCN(CCC(N)=S)C(=O)Nc1ccc(F)cc1F. The van der Waals surface area contributed by atoms with Crippen LogP contribution in [0.5, 0.6) is 0 Å². The maximum atomic E-state index is 13.4. The molecule has 7 heteroatoms. The predicted molar refractivity (Wildman–Crippen MR) is 74.0 cm³/mol. The number of amides is 2. The highest BCUT2D eigenvalue weighted by Crippen LogP contribution is 2.15. The molecule has 0 atom stereocenters. The quantitative estimate of drug-likeness (QED) is 0.818.